The van der Waals surface area contributed by atoms with Crippen LogP contribution in [0, 0.1) is 5.41 Å². The zero-order valence-electron chi connectivity index (χ0n) is 15.1. The van der Waals surface area contributed by atoms with Crippen molar-refractivity contribution in [3.8, 4) is 0 Å². The molecule has 140 valence electrons. The minimum Gasteiger partial charge on any atom is -0.378 e. The van der Waals surface area contributed by atoms with Gasteiger partial charge in [-0.2, -0.15) is 0 Å². The van der Waals surface area contributed by atoms with Crippen LogP contribution in [0.5, 0.6) is 0 Å². The van der Waals surface area contributed by atoms with E-state index in [2.05, 4.69) is 33.4 Å². The van der Waals surface area contributed by atoms with Gasteiger partial charge in [0, 0.05) is 34.9 Å². The Labute approximate surface area is 164 Å². The SMILES string of the molecule is CCOC1CC(N)(C(=O)NCC2(c3ccccc3Br)CC2)C1(C)C.Cl. The van der Waals surface area contributed by atoms with Crippen LogP contribution in [-0.2, 0) is 14.9 Å². The molecule has 6 heteroatoms. The van der Waals surface area contributed by atoms with E-state index < -0.39 is 5.54 Å². The van der Waals surface area contributed by atoms with Gasteiger partial charge in [-0.05, 0) is 31.4 Å². The Hall–Kier alpha value is -0.620. The monoisotopic (exact) mass is 430 g/mol. The second kappa shape index (κ2) is 7.18. The quantitative estimate of drug-likeness (QED) is 0.724. The predicted octanol–water partition coefficient (Wildman–Crippen LogP) is 3.55. The summed E-state index contributed by atoms with van der Waals surface area (Å²) in [5.74, 6) is -0.0539. The molecule has 2 aliphatic carbocycles. The third-order valence-electron chi connectivity index (χ3n) is 6.12. The van der Waals surface area contributed by atoms with Crippen LogP contribution < -0.4 is 11.1 Å². The van der Waals surface area contributed by atoms with Gasteiger partial charge in [-0.25, -0.2) is 0 Å². The number of hydrogen-bond donors (Lipinski definition) is 2. The molecule has 0 aliphatic heterocycles. The van der Waals surface area contributed by atoms with E-state index in [4.69, 9.17) is 10.5 Å². The Morgan fingerprint density at radius 3 is 2.52 bits per heavy atom. The van der Waals surface area contributed by atoms with Crippen LogP contribution in [0.1, 0.15) is 45.6 Å². The van der Waals surface area contributed by atoms with Gasteiger partial charge in [0.05, 0.1) is 6.10 Å². The molecule has 0 saturated heterocycles. The number of rotatable bonds is 6. The Bertz CT molecular complexity index is 648. The lowest BCUT2D eigenvalue weighted by atomic mass is 9.54. The summed E-state index contributed by atoms with van der Waals surface area (Å²) in [5.41, 5.74) is 6.59. The van der Waals surface area contributed by atoms with Crippen molar-refractivity contribution < 1.29 is 9.53 Å². The molecular weight excluding hydrogens is 404 g/mol. The van der Waals surface area contributed by atoms with Crippen LogP contribution in [0.2, 0.25) is 0 Å². The van der Waals surface area contributed by atoms with E-state index in [1.165, 1.54) is 5.56 Å². The van der Waals surface area contributed by atoms with E-state index in [0.717, 1.165) is 17.3 Å². The molecule has 3 rings (SSSR count). The first-order chi connectivity index (χ1) is 11.3. The van der Waals surface area contributed by atoms with E-state index in [1.54, 1.807) is 0 Å². The van der Waals surface area contributed by atoms with Gasteiger partial charge >= 0.3 is 0 Å². The normalized spacial score (nSPS) is 28.4. The van der Waals surface area contributed by atoms with Gasteiger partial charge in [-0.15, -0.1) is 12.4 Å². The second-order valence-corrected chi connectivity index (χ2v) is 8.64. The highest BCUT2D eigenvalue weighted by atomic mass is 79.9. The number of nitrogens with two attached hydrogens (primary N) is 1. The average molecular weight is 432 g/mol. The van der Waals surface area contributed by atoms with Gasteiger partial charge in [0.1, 0.15) is 5.54 Å². The van der Waals surface area contributed by atoms with E-state index in [-0.39, 0.29) is 35.2 Å². The third kappa shape index (κ3) is 3.36. The molecule has 1 aromatic carbocycles. The van der Waals surface area contributed by atoms with Crippen LogP contribution >= 0.6 is 28.3 Å². The Balaban J connectivity index is 0.00000225. The number of halogens is 2. The molecule has 25 heavy (non-hydrogen) atoms. The Kier molecular flexibility index (Phi) is 5.94. The molecule has 1 amide bonds. The number of carbonyl (C=O) groups is 1. The number of nitrogens with one attached hydrogen (secondary N) is 1. The van der Waals surface area contributed by atoms with Crippen LogP contribution in [0.4, 0.5) is 0 Å². The number of carbonyl (C=O) groups excluding carboxylic acids is 1. The summed E-state index contributed by atoms with van der Waals surface area (Å²) in [4.78, 5) is 12.8. The summed E-state index contributed by atoms with van der Waals surface area (Å²) < 4.78 is 6.83. The maximum absolute atomic E-state index is 12.8. The van der Waals surface area contributed by atoms with Gasteiger partial charge in [0.2, 0.25) is 5.91 Å². The van der Waals surface area contributed by atoms with Crippen molar-refractivity contribution in [2.24, 2.45) is 11.1 Å². The van der Waals surface area contributed by atoms with Gasteiger partial charge in [0.15, 0.2) is 0 Å². The molecule has 0 bridgehead atoms. The lowest BCUT2D eigenvalue weighted by Crippen LogP contribution is -2.76. The average Bonchev–Trinajstić information content (AvgIpc) is 3.33. The highest BCUT2D eigenvalue weighted by Gasteiger charge is 2.63. The minimum atomic E-state index is -0.850. The molecule has 2 saturated carbocycles. The van der Waals surface area contributed by atoms with Gasteiger partial charge in [-0.3, -0.25) is 4.79 Å². The van der Waals surface area contributed by atoms with Crippen molar-refractivity contribution in [2.75, 3.05) is 13.2 Å². The first-order valence-electron chi connectivity index (χ1n) is 8.71. The first-order valence-corrected chi connectivity index (χ1v) is 9.50. The molecule has 0 aromatic heterocycles. The predicted molar refractivity (Wildman–Crippen MR) is 106 cm³/mol. The van der Waals surface area contributed by atoms with Crippen molar-refractivity contribution in [1.82, 2.24) is 5.32 Å². The van der Waals surface area contributed by atoms with Crippen LogP contribution in [0.15, 0.2) is 28.7 Å². The third-order valence-corrected chi connectivity index (χ3v) is 6.81. The van der Waals surface area contributed by atoms with Gasteiger partial charge in [-0.1, -0.05) is 48.0 Å². The molecule has 2 aliphatic rings. The molecule has 0 spiro atoms. The van der Waals surface area contributed by atoms with Crippen LogP contribution in [-0.4, -0.2) is 30.7 Å². The fraction of sp³-hybridized carbons (Fsp3) is 0.632. The molecule has 2 atom stereocenters. The smallest absolute Gasteiger partial charge is 0.240 e. The highest BCUT2D eigenvalue weighted by Crippen LogP contribution is 2.52. The number of ether oxygens (including phenoxy) is 1. The molecule has 1 aromatic rings. The fourth-order valence-electron chi connectivity index (χ4n) is 3.81. The molecule has 2 unspecified atom stereocenters. The zero-order chi connectivity index (χ0) is 17.6. The molecule has 0 heterocycles. The molecule has 4 nitrogen and oxygen atoms in total. The van der Waals surface area contributed by atoms with E-state index in [0.29, 0.717) is 19.6 Å². The minimum absolute atomic E-state index is 0. The lowest BCUT2D eigenvalue weighted by molar-refractivity contribution is -0.170. The summed E-state index contributed by atoms with van der Waals surface area (Å²) in [7, 11) is 0. The largest absolute Gasteiger partial charge is 0.378 e. The topological polar surface area (TPSA) is 64.3 Å². The lowest BCUT2D eigenvalue weighted by Gasteiger charge is -2.57. The summed E-state index contributed by atoms with van der Waals surface area (Å²) in [5, 5.41) is 3.13. The summed E-state index contributed by atoms with van der Waals surface area (Å²) >= 11 is 3.63. The molecular formula is C19H28BrClN2O2. The summed E-state index contributed by atoms with van der Waals surface area (Å²) in [6.07, 6.45) is 2.83. The van der Waals surface area contributed by atoms with Crippen molar-refractivity contribution in [1.29, 1.82) is 0 Å². The fourth-order valence-corrected chi connectivity index (χ4v) is 4.52. The van der Waals surface area contributed by atoms with Crippen molar-refractivity contribution in [3.63, 3.8) is 0 Å². The molecule has 0 radical (unpaired) electrons. The number of benzene rings is 1. The maximum Gasteiger partial charge on any atom is 0.240 e. The van der Waals surface area contributed by atoms with Crippen LogP contribution in [0.3, 0.4) is 0 Å². The number of amides is 1. The molecule has 3 N–H and O–H groups in total. The standard InChI is InChI=1S/C19H27BrN2O2.ClH/c1-4-24-15-11-19(21,17(15,2)3)16(23)22-12-18(9-10-18)13-7-5-6-8-14(13)20;/h5-8,15H,4,9-12,21H2,1-3H3,(H,22,23);1H. The van der Waals surface area contributed by atoms with Gasteiger partial charge in [0.25, 0.3) is 0 Å². The van der Waals surface area contributed by atoms with E-state index in [9.17, 15) is 4.79 Å². The zero-order valence-corrected chi connectivity index (χ0v) is 17.5. The first kappa shape index (κ1) is 20.7. The van der Waals surface area contributed by atoms with E-state index in [1.807, 2.05) is 32.9 Å². The summed E-state index contributed by atoms with van der Waals surface area (Å²) in [6.45, 7) is 7.31. The molecule has 2 fully saturated rings. The second-order valence-electron chi connectivity index (χ2n) is 7.78. The van der Waals surface area contributed by atoms with Crippen molar-refractivity contribution >= 4 is 34.2 Å². The Morgan fingerprint density at radius 2 is 2.00 bits per heavy atom. The Morgan fingerprint density at radius 1 is 1.36 bits per heavy atom. The van der Waals surface area contributed by atoms with E-state index >= 15 is 0 Å². The number of hydrogen-bond acceptors (Lipinski definition) is 3. The van der Waals surface area contributed by atoms with Crippen LogP contribution in [0.25, 0.3) is 0 Å². The van der Waals surface area contributed by atoms with Crippen molar-refractivity contribution in [3.05, 3.63) is 34.3 Å². The van der Waals surface area contributed by atoms with Gasteiger partial charge < -0.3 is 15.8 Å². The summed E-state index contributed by atoms with van der Waals surface area (Å²) in [6, 6.07) is 8.26. The maximum atomic E-state index is 12.8. The van der Waals surface area contributed by atoms with Crippen molar-refractivity contribution in [2.45, 2.75) is 57.1 Å². The highest BCUT2D eigenvalue weighted by molar-refractivity contribution is 9.10.